The number of unbranched alkanes of at least 4 members (excludes halogenated alkanes) is 1. The van der Waals surface area contributed by atoms with Crippen LogP contribution in [0.2, 0.25) is 0 Å². The van der Waals surface area contributed by atoms with Crippen molar-refractivity contribution in [1.29, 1.82) is 0 Å². The summed E-state index contributed by atoms with van der Waals surface area (Å²) in [5.41, 5.74) is -6.01. The van der Waals surface area contributed by atoms with Gasteiger partial charge in [0.25, 0.3) is 11.8 Å². The first-order valence-electron chi connectivity index (χ1n) is 22.9. The number of rotatable bonds is 14. The molecule has 0 bridgehead atoms. The lowest BCUT2D eigenvalue weighted by Gasteiger charge is -2.36. The van der Waals surface area contributed by atoms with Crippen molar-refractivity contribution in [2.75, 3.05) is 24.5 Å². The Labute approximate surface area is 413 Å². The molecule has 3 aliphatic rings. The number of imide groups is 1. The summed E-state index contributed by atoms with van der Waals surface area (Å²) in [5.74, 6) is 2.08. The third kappa shape index (κ3) is 11.5. The van der Waals surface area contributed by atoms with Crippen LogP contribution in [0.4, 0.5) is 27.6 Å². The molecule has 16 nitrogen and oxygen atoms in total. The summed E-state index contributed by atoms with van der Waals surface area (Å²) in [5, 5.41) is 7.79. The number of hydrogen-bond acceptors (Lipinski definition) is 9. The van der Waals surface area contributed by atoms with E-state index in [1.165, 1.54) is 28.0 Å². The van der Waals surface area contributed by atoms with Crippen molar-refractivity contribution in [3.05, 3.63) is 99.4 Å². The number of benzene rings is 3. The summed E-state index contributed by atoms with van der Waals surface area (Å²) in [6.07, 6.45) is -3.66. The van der Waals surface area contributed by atoms with Gasteiger partial charge < -0.3 is 35.1 Å². The number of alkyl halides is 5. The van der Waals surface area contributed by atoms with Gasteiger partial charge in [-0.2, -0.15) is 22.0 Å². The van der Waals surface area contributed by atoms with E-state index in [1.807, 2.05) is 0 Å². The summed E-state index contributed by atoms with van der Waals surface area (Å²) >= 11 is 0.879. The number of nitrogens with one attached hydrogen (secondary N) is 3. The SMILES string of the molecule is CC(C)(C)C(NC(=O)c1cc2cc(C(F)(F)P(=O)(O)O)ccc2s1)C(=O)N1CCC[C@H]1C(=O)N(CCC(=O)NCCCC#Cc1cccc2c1CN(C1CCC(=O)NC1=O)C2=O)c1cccc(C(F)(F)F)c1. The van der Waals surface area contributed by atoms with Crippen LogP contribution >= 0.6 is 18.9 Å². The van der Waals surface area contributed by atoms with Crippen molar-refractivity contribution in [3.63, 3.8) is 0 Å². The molecule has 5 N–H and O–H groups in total. The molecular weight excluding hydrogens is 991 g/mol. The molecule has 7 rings (SSSR count). The van der Waals surface area contributed by atoms with Gasteiger partial charge in [-0.05, 0) is 90.6 Å². The third-order valence-electron chi connectivity index (χ3n) is 12.6. The first kappa shape index (κ1) is 53.3. The fourth-order valence-corrected chi connectivity index (χ4v) is 10.2. The molecule has 2 unspecified atom stereocenters. The van der Waals surface area contributed by atoms with Crippen LogP contribution in [0.1, 0.15) is 108 Å². The Morgan fingerprint density at radius 1 is 0.958 bits per heavy atom. The standard InChI is InChI=1S/C49H50F5N6O10PS/c1-47(2,3)41(57-43(64)38-25-29-24-31(16-18-37(29)72-38)49(53,54)71(68,69)70)46(67)59-22-9-15-36(59)45(66)58(32-13-8-12-30(26-32)48(50,51)52)23-20-39(61)55-21-6-4-5-10-28-11-7-14-33-34(28)27-60(44(33)65)35-17-19-40(62)56-42(35)63/h7-8,11-14,16,18,24-26,35-36,41H,4,6,9,15,17,19-23,27H2,1-3H3,(H,55,61)(H,57,64)(H,56,62,63)(H2,68,69,70)/t35?,36-,41?/m0/s1. The fourth-order valence-electron chi connectivity index (χ4n) is 8.78. The van der Waals surface area contributed by atoms with Crippen LogP contribution in [0.3, 0.4) is 0 Å². The number of thiophene rings is 1. The minimum Gasteiger partial charge on any atom is -0.356 e. The molecule has 2 fully saturated rings. The smallest absolute Gasteiger partial charge is 0.356 e. The highest BCUT2D eigenvalue weighted by Gasteiger charge is 2.50. The molecule has 23 heteroatoms. The minimum atomic E-state index is -5.88. The Hall–Kier alpha value is -6.53. The highest BCUT2D eigenvalue weighted by Crippen LogP contribution is 2.59. The van der Waals surface area contributed by atoms with E-state index < -0.39 is 89.5 Å². The van der Waals surface area contributed by atoms with Gasteiger partial charge in [0, 0.05) is 72.5 Å². The van der Waals surface area contributed by atoms with Gasteiger partial charge in [0.15, 0.2) is 0 Å². The predicted molar refractivity (Wildman–Crippen MR) is 253 cm³/mol. The molecule has 0 saturated carbocycles. The van der Waals surface area contributed by atoms with Crippen LogP contribution in [0.15, 0.2) is 66.7 Å². The molecule has 382 valence electrons. The Balaban J connectivity index is 1.00. The van der Waals surface area contributed by atoms with Crippen molar-refractivity contribution < 1.29 is 69.9 Å². The number of nitrogens with zero attached hydrogens (tertiary/aromatic N) is 3. The summed E-state index contributed by atoms with van der Waals surface area (Å²) in [6.45, 7) is 4.94. The van der Waals surface area contributed by atoms with E-state index in [2.05, 4.69) is 27.8 Å². The number of hydrogen-bond donors (Lipinski definition) is 5. The Morgan fingerprint density at radius 2 is 1.69 bits per heavy atom. The molecule has 72 heavy (non-hydrogen) atoms. The lowest BCUT2D eigenvalue weighted by molar-refractivity contribution is -0.141. The summed E-state index contributed by atoms with van der Waals surface area (Å²) in [7, 11) is -5.88. The largest absolute Gasteiger partial charge is 0.416 e. The van der Waals surface area contributed by atoms with Crippen molar-refractivity contribution in [1.82, 2.24) is 25.8 Å². The van der Waals surface area contributed by atoms with Crippen molar-refractivity contribution >= 4 is 76.1 Å². The van der Waals surface area contributed by atoms with E-state index in [9.17, 15) is 69.9 Å². The molecule has 0 aliphatic carbocycles. The molecule has 3 aromatic carbocycles. The lowest BCUT2D eigenvalue weighted by Crippen LogP contribution is -2.58. The monoisotopic (exact) mass is 1040 g/mol. The molecule has 4 heterocycles. The van der Waals surface area contributed by atoms with Gasteiger partial charge in [0.1, 0.15) is 18.1 Å². The maximum absolute atomic E-state index is 14.5. The molecule has 0 radical (unpaired) electrons. The van der Waals surface area contributed by atoms with Crippen molar-refractivity contribution in [2.45, 2.75) is 102 Å². The normalized spacial score (nSPS) is 17.8. The predicted octanol–water partition coefficient (Wildman–Crippen LogP) is 6.42. The van der Waals surface area contributed by atoms with Crippen LogP contribution in [-0.2, 0) is 46.9 Å². The van der Waals surface area contributed by atoms with Gasteiger partial charge >= 0.3 is 19.4 Å². The van der Waals surface area contributed by atoms with Gasteiger partial charge in [0.05, 0.1) is 10.4 Å². The van der Waals surface area contributed by atoms with Crippen LogP contribution < -0.4 is 20.9 Å². The highest BCUT2D eigenvalue weighted by atomic mass is 32.1. The summed E-state index contributed by atoms with van der Waals surface area (Å²) < 4.78 is 82.7. The Morgan fingerprint density at radius 3 is 2.39 bits per heavy atom. The zero-order valence-electron chi connectivity index (χ0n) is 39.1. The van der Waals surface area contributed by atoms with Crippen LogP contribution in [0.5, 0.6) is 0 Å². The maximum Gasteiger partial charge on any atom is 0.416 e. The average Bonchev–Trinajstić information content (AvgIpc) is 4.06. The molecular formula is C49H50F5N6O10PS. The number of carbonyl (C=O) groups excluding carboxylic acids is 7. The number of fused-ring (bicyclic) bond motifs is 2. The Bertz CT molecular complexity index is 2960. The number of piperidine rings is 1. The second-order valence-corrected chi connectivity index (χ2v) is 21.4. The average molecular weight is 1040 g/mol. The summed E-state index contributed by atoms with van der Waals surface area (Å²) in [4.78, 5) is 115. The van der Waals surface area contributed by atoms with Gasteiger partial charge in [-0.1, -0.05) is 50.8 Å². The van der Waals surface area contributed by atoms with E-state index in [1.54, 1.807) is 39.0 Å². The summed E-state index contributed by atoms with van der Waals surface area (Å²) in [6, 6.07) is 9.93. The number of anilines is 1. The van der Waals surface area contributed by atoms with Crippen molar-refractivity contribution in [2.24, 2.45) is 5.41 Å². The van der Waals surface area contributed by atoms with Gasteiger partial charge in [-0.25, -0.2) is 0 Å². The van der Waals surface area contributed by atoms with E-state index in [0.29, 0.717) is 40.7 Å². The highest BCUT2D eigenvalue weighted by molar-refractivity contribution is 7.52. The van der Waals surface area contributed by atoms with E-state index in [-0.39, 0.29) is 73.7 Å². The molecule has 3 atom stereocenters. The third-order valence-corrected chi connectivity index (χ3v) is 14.7. The second kappa shape index (κ2) is 20.9. The zero-order chi connectivity index (χ0) is 52.5. The van der Waals surface area contributed by atoms with Crippen LogP contribution in [0, 0.1) is 17.3 Å². The maximum atomic E-state index is 14.5. The molecule has 0 spiro atoms. The quantitative estimate of drug-likeness (QED) is 0.0307. The van der Waals surface area contributed by atoms with Crippen LogP contribution in [0.25, 0.3) is 10.1 Å². The van der Waals surface area contributed by atoms with E-state index in [4.69, 9.17) is 0 Å². The molecule has 1 aromatic heterocycles. The van der Waals surface area contributed by atoms with E-state index >= 15 is 0 Å². The first-order valence-corrected chi connectivity index (χ1v) is 25.3. The molecule has 7 amide bonds. The number of amides is 7. The van der Waals surface area contributed by atoms with Gasteiger partial charge in [-0.15, -0.1) is 11.3 Å². The number of halogens is 5. The molecule has 4 aromatic rings. The fraction of sp³-hybridized carbons (Fsp3) is 0.408. The van der Waals surface area contributed by atoms with Gasteiger partial charge in [-0.3, -0.25) is 43.4 Å². The number of likely N-dealkylation sites (tertiary alicyclic amines) is 1. The minimum absolute atomic E-state index is 0.0185. The second-order valence-electron chi connectivity index (χ2n) is 18.7. The lowest BCUT2D eigenvalue weighted by atomic mass is 9.85. The number of carbonyl (C=O) groups is 7. The first-order chi connectivity index (χ1) is 33.8. The zero-order valence-corrected chi connectivity index (χ0v) is 40.8. The molecule has 2 saturated heterocycles. The molecule has 3 aliphatic heterocycles. The van der Waals surface area contributed by atoms with Crippen molar-refractivity contribution in [3.8, 4) is 11.8 Å². The van der Waals surface area contributed by atoms with Gasteiger partial charge in [0.2, 0.25) is 29.5 Å². The Kier molecular flexibility index (Phi) is 15.5. The van der Waals surface area contributed by atoms with E-state index in [0.717, 1.165) is 46.6 Å². The topological polar surface area (TPSA) is 223 Å². The van der Waals surface area contributed by atoms with Crippen LogP contribution in [-0.4, -0.2) is 98.7 Å².